The average molecular weight is 387 g/mol. The molecule has 0 radical (unpaired) electrons. The Kier molecular flexibility index (Phi) is 5.45. The first-order valence-corrected chi connectivity index (χ1v) is 8.65. The molecule has 0 spiro atoms. The first-order valence-electron chi connectivity index (χ1n) is 7.90. The summed E-state index contributed by atoms with van der Waals surface area (Å²) in [5, 5.41) is 4.98. The number of hydrazone groups is 1. The standard InChI is InChI=1S/C20H16Cl2N2O2/c1-12-3-7-16(18(22)9-12)20(25)24-23-11-15-6-8-19(26-15)14-5-4-13(2)17(21)10-14/h3-11H,1-2H3,(H,24,25)/b23-11-. The zero-order chi connectivity index (χ0) is 18.7. The van der Waals surface area contributed by atoms with E-state index in [0.29, 0.717) is 27.1 Å². The molecule has 1 amide bonds. The molecule has 1 N–H and O–H groups in total. The zero-order valence-electron chi connectivity index (χ0n) is 14.2. The molecule has 3 rings (SSSR count). The molecule has 0 aliphatic rings. The normalized spacial score (nSPS) is 11.1. The highest BCUT2D eigenvalue weighted by Crippen LogP contribution is 2.26. The van der Waals surface area contributed by atoms with E-state index in [9.17, 15) is 4.79 Å². The summed E-state index contributed by atoms with van der Waals surface area (Å²) < 4.78 is 5.71. The maximum Gasteiger partial charge on any atom is 0.272 e. The van der Waals surface area contributed by atoms with Gasteiger partial charge in [0.05, 0.1) is 16.8 Å². The number of hydrogen-bond donors (Lipinski definition) is 1. The fraction of sp³-hybridized carbons (Fsp3) is 0.100. The molecule has 0 bridgehead atoms. The SMILES string of the molecule is Cc1ccc(C(=O)N/N=C\c2ccc(-c3ccc(C)c(Cl)c3)o2)c(Cl)c1. The average Bonchev–Trinajstić information content (AvgIpc) is 3.06. The maximum absolute atomic E-state index is 12.1. The van der Waals surface area contributed by atoms with Gasteiger partial charge in [-0.2, -0.15) is 5.10 Å². The van der Waals surface area contributed by atoms with Crippen LogP contribution >= 0.6 is 23.2 Å². The van der Waals surface area contributed by atoms with E-state index in [1.165, 1.54) is 6.21 Å². The molecule has 1 aromatic heterocycles. The quantitative estimate of drug-likeness (QED) is 0.466. The van der Waals surface area contributed by atoms with Crippen LogP contribution in [0.3, 0.4) is 0 Å². The predicted molar refractivity (Wildman–Crippen MR) is 105 cm³/mol. The summed E-state index contributed by atoms with van der Waals surface area (Å²) in [7, 11) is 0. The van der Waals surface area contributed by atoms with Gasteiger partial charge in [0.25, 0.3) is 5.91 Å². The highest BCUT2D eigenvalue weighted by Gasteiger charge is 2.09. The number of amides is 1. The number of furan rings is 1. The van der Waals surface area contributed by atoms with E-state index < -0.39 is 0 Å². The second-order valence-corrected chi connectivity index (χ2v) is 6.66. The van der Waals surface area contributed by atoms with Gasteiger partial charge in [-0.25, -0.2) is 5.43 Å². The van der Waals surface area contributed by atoms with Crippen molar-refractivity contribution in [3.05, 3.63) is 81.0 Å². The predicted octanol–water partition coefficient (Wildman–Crippen LogP) is 5.63. The summed E-state index contributed by atoms with van der Waals surface area (Å²) in [6, 6.07) is 14.5. The lowest BCUT2D eigenvalue weighted by Gasteiger charge is -2.03. The number of carbonyl (C=O) groups is 1. The monoisotopic (exact) mass is 386 g/mol. The van der Waals surface area contributed by atoms with Gasteiger partial charge in [0, 0.05) is 10.6 Å². The van der Waals surface area contributed by atoms with Crippen molar-refractivity contribution in [2.45, 2.75) is 13.8 Å². The van der Waals surface area contributed by atoms with Gasteiger partial charge < -0.3 is 4.42 Å². The van der Waals surface area contributed by atoms with Crippen LogP contribution in [0.25, 0.3) is 11.3 Å². The maximum atomic E-state index is 12.1. The Morgan fingerprint density at radius 3 is 2.58 bits per heavy atom. The van der Waals surface area contributed by atoms with Crippen LogP contribution in [-0.4, -0.2) is 12.1 Å². The lowest BCUT2D eigenvalue weighted by molar-refractivity contribution is 0.0955. The Bertz CT molecular complexity index is 993. The van der Waals surface area contributed by atoms with Crippen LogP contribution in [0.15, 0.2) is 58.0 Å². The highest BCUT2D eigenvalue weighted by atomic mass is 35.5. The van der Waals surface area contributed by atoms with E-state index in [-0.39, 0.29) is 5.91 Å². The first kappa shape index (κ1) is 18.2. The van der Waals surface area contributed by atoms with Crippen molar-refractivity contribution >= 4 is 35.3 Å². The highest BCUT2D eigenvalue weighted by molar-refractivity contribution is 6.34. The second-order valence-electron chi connectivity index (χ2n) is 5.85. The largest absolute Gasteiger partial charge is 0.455 e. The summed E-state index contributed by atoms with van der Waals surface area (Å²) in [6.07, 6.45) is 1.43. The van der Waals surface area contributed by atoms with Crippen molar-refractivity contribution in [3.8, 4) is 11.3 Å². The molecule has 132 valence electrons. The molecule has 3 aromatic rings. The molecule has 0 atom stereocenters. The minimum atomic E-state index is -0.386. The third-order valence-electron chi connectivity index (χ3n) is 3.81. The molecule has 1 heterocycles. The Hall–Kier alpha value is -2.56. The molecule has 4 nitrogen and oxygen atoms in total. The molecule has 0 aliphatic carbocycles. The van der Waals surface area contributed by atoms with Gasteiger partial charge in [0.1, 0.15) is 11.5 Å². The molecule has 0 saturated heterocycles. The number of aryl methyl sites for hydroxylation is 2. The summed E-state index contributed by atoms with van der Waals surface area (Å²) in [5.41, 5.74) is 5.66. The number of benzene rings is 2. The summed E-state index contributed by atoms with van der Waals surface area (Å²) >= 11 is 12.2. The smallest absolute Gasteiger partial charge is 0.272 e. The fourth-order valence-corrected chi connectivity index (χ4v) is 2.84. The van der Waals surface area contributed by atoms with Crippen LogP contribution in [0, 0.1) is 13.8 Å². The van der Waals surface area contributed by atoms with Crippen LogP contribution in [-0.2, 0) is 0 Å². The van der Waals surface area contributed by atoms with Crippen molar-refractivity contribution in [2.24, 2.45) is 5.10 Å². The lowest BCUT2D eigenvalue weighted by atomic mass is 10.1. The lowest BCUT2D eigenvalue weighted by Crippen LogP contribution is -2.18. The van der Waals surface area contributed by atoms with Gasteiger partial charge in [-0.05, 0) is 55.3 Å². The molecule has 0 unspecified atom stereocenters. The third-order valence-corrected chi connectivity index (χ3v) is 4.53. The molecule has 0 aliphatic heterocycles. The molecule has 0 saturated carbocycles. The third kappa shape index (κ3) is 4.15. The number of rotatable bonds is 4. The zero-order valence-corrected chi connectivity index (χ0v) is 15.7. The van der Waals surface area contributed by atoms with Crippen molar-refractivity contribution in [3.63, 3.8) is 0 Å². The fourth-order valence-electron chi connectivity index (χ4n) is 2.34. The van der Waals surface area contributed by atoms with E-state index >= 15 is 0 Å². The van der Waals surface area contributed by atoms with Gasteiger partial charge in [-0.1, -0.05) is 41.4 Å². The second kappa shape index (κ2) is 7.77. The minimum absolute atomic E-state index is 0.365. The van der Waals surface area contributed by atoms with E-state index in [2.05, 4.69) is 10.5 Å². The van der Waals surface area contributed by atoms with E-state index in [1.807, 2.05) is 44.2 Å². The number of nitrogens with zero attached hydrogens (tertiary/aromatic N) is 1. The summed E-state index contributed by atoms with van der Waals surface area (Å²) in [4.78, 5) is 12.1. The number of hydrogen-bond acceptors (Lipinski definition) is 3. The van der Waals surface area contributed by atoms with Crippen molar-refractivity contribution in [2.75, 3.05) is 0 Å². The van der Waals surface area contributed by atoms with Gasteiger partial charge in [-0.15, -0.1) is 0 Å². The molecule has 0 fully saturated rings. The van der Waals surface area contributed by atoms with E-state index in [1.54, 1.807) is 18.2 Å². The van der Waals surface area contributed by atoms with Crippen LogP contribution in [0.1, 0.15) is 27.2 Å². The summed E-state index contributed by atoms with van der Waals surface area (Å²) in [5.74, 6) is 0.789. The molecule has 6 heteroatoms. The van der Waals surface area contributed by atoms with E-state index in [0.717, 1.165) is 16.7 Å². The Labute approximate surface area is 161 Å². The van der Waals surface area contributed by atoms with Crippen molar-refractivity contribution < 1.29 is 9.21 Å². The van der Waals surface area contributed by atoms with Gasteiger partial charge >= 0.3 is 0 Å². The van der Waals surface area contributed by atoms with Crippen molar-refractivity contribution in [1.82, 2.24) is 5.43 Å². The molecule has 26 heavy (non-hydrogen) atoms. The number of nitrogens with one attached hydrogen (secondary N) is 1. The Balaban J connectivity index is 1.68. The van der Waals surface area contributed by atoms with Gasteiger partial charge in [0.15, 0.2) is 0 Å². The number of halogens is 2. The van der Waals surface area contributed by atoms with Gasteiger partial charge in [0.2, 0.25) is 0 Å². The van der Waals surface area contributed by atoms with Gasteiger partial charge in [-0.3, -0.25) is 4.79 Å². The number of carbonyl (C=O) groups excluding carboxylic acids is 1. The van der Waals surface area contributed by atoms with Crippen LogP contribution in [0.5, 0.6) is 0 Å². The topological polar surface area (TPSA) is 54.6 Å². The molecule has 2 aromatic carbocycles. The van der Waals surface area contributed by atoms with Crippen LogP contribution in [0.2, 0.25) is 10.0 Å². The first-order chi connectivity index (χ1) is 12.4. The Morgan fingerprint density at radius 1 is 1.04 bits per heavy atom. The van der Waals surface area contributed by atoms with E-state index in [4.69, 9.17) is 27.6 Å². The van der Waals surface area contributed by atoms with Crippen LogP contribution in [0.4, 0.5) is 0 Å². The molecular formula is C20H16Cl2N2O2. The van der Waals surface area contributed by atoms with Crippen LogP contribution < -0.4 is 5.43 Å². The van der Waals surface area contributed by atoms with Crippen molar-refractivity contribution in [1.29, 1.82) is 0 Å². The summed E-state index contributed by atoms with van der Waals surface area (Å²) in [6.45, 7) is 3.84. The molecular weight excluding hydrogens is 371 g/mol. The minimum Gasteiger partial charge on any atom is -0.455 e. The Morgan fingerprint density at radius 2 is 1.85 bits per heavy atom.